The van der Waals surface area contributed by atoms with Gasteiger partial charge in [-0.15, -0.1) is 0 Å². The number of sulfone groups is 1. The molecule has 0 radical (unpaired) electrons. The molecule has 3 heterocycles. The molecule has 13 heteroatoms. The minimum absolute atomic E-state index is 0.00600. The molecule has 0 bridgehead atoms. The highest BCUT2D eigenvalue weighted by Gasteiger charge is 2.46. The van der Waals surface area contributed by atoms with E-state index in [2.05, 4.69) is 16.7 Å². The van der Waals surface area contributed by atoms with E-state index in [1.807, 2.05) is 4.90 Å². The number of anilines is 2. The third kappa shape index (κ3) is 7.34. The van der Waals surface area contributed by atoms with E-state index in [0.29, 0.717) is 33.7 Å². The lowest BCUT2D eigenvalue weighted by Crippen LogP contribution is -2.62. The molecular formula is C34H40F4N4O4S. The number of likely N-dealkylation sites (tertiary alicyclic amines) is 1. The van der Waals surface area contributed by atoms with Crippen molar-refractivity contribution in [1.29, 1.82) is 0 Å². The van der Waals surface area contributed by atoms with Crippen LogP contribution in [-0.4, -0.2) is 82.1 Å². The van der Waals surface area contributed by atoms with Gasteiger partial charge in [-0.1, -0.05) is 12.0 Å². The third-order valence-corrected chi connectivity index (χ3v) is 11.0. The zero-order valence-corrected chi connectivity index (χ0v) is 27.2. The van der Waals surface area contributed by atoms with Crippen LogP contribution in [-0.2, 0) is 21.1 Å². The van der Waals surface area contributed by atoms with E-state index in [1.165, 1.54) is 12.1 Å². The molecule has 2 aromatic carbocycles. The molecule has 3 fully saturated rings. The zero-order valence-electron chi connectivity index (χ0n) is 26.4. The van der Waals surface area contributed by atoms with Crippen LogP contribution in [0.25, 0.3) is 10.9 Å². The number of ether oxygens (including phenoxy) is 2. The number of nitrogen functional groups attached to an aromatic ring is 1. The van der Waals surface area contributed by atoms with Crippen LogP contribution in [0.4, 0.5) is 28.9 Å². The summed E-state index contributed by atoms with van der Waals surface area (Å²) in [4.78, 5) is 4.53. The molecule has 6 rings (SSSR count). The van der Waals surface area contributed by atoms with Crippen molar-refractivity contribution in [3.05, 3.63) is 48.2 Å². The molecule has 3 aromatic rings. The molecule has 1 saturated carbocycles. The lowest BCUT2D eigenvalue weighted by Gasteiger charge is -2.56. The van der Waals surface area contributed by atoms with Gasteiger partial charge in [-0.2, -0.15) is 13.2 Å². The number of aromatic nitrogens is 1. The van der Waals surface area contributed by atoms with Gasteiger partial charge in [0.1, 0.15) is 12.3 Å². The monoisotopic (exact) mass is 676 g/mol. The normalized spacial score (nSPS) is 21.6. The molecule has 8 nitrogen and oxygen atoms in total. The minimum atomic E-state index is -4.47. The number of fused-ring (bicyclic) bond motifs is 1. The Balaban J connectivity index is 1.28. The van der Waals surface area contributed by atoms with Crippen LogP contribution in [0.2, 0.25) is 0 Å². The van der Waals surface area contributed by atoms with Crippen LogP contribution in [0.15, 0.2) is 47.4 Å². The molecule has 2 saturated heterocycles. The molecule has 3 aliphatic rings. The Bertz CT molecular complexity index is 1760. The van der Waals surface area contributed by atoms with Crippen molar-refractivity contribution in [2.24, 2.45) is 5.41 Å². The second kappa shape index (κ2) is 13.2. The van der Waals surface area contributed by atoms with Gasteiger partial charge in [0.2, 0.25) is 6.86 Å². The number of rotatable bonds is 8. The summed E-state index contributed by atoms with van der Waals surface area (Å²) in [5.41, 5.74) is 7.80. The van der Waals surface area contributed by atoms with E-state index in [1.54, 1.807) is 30.3 Å². The fourth-order valence-electron chi connectivity index (χ4n) is 7.45. The summed E-state index contributed by atoms with van der Waals surface area (Å²) in [6, 6.07) is 11.2. The van der Waals surface area contributed by atoms with Crippen LogP contribution in [0, 0.1) is 17.3 Å². The number of hydrogen-bond acceptors (Lipinski definition) is 7. The highest BCUT2D eigenvalue weighted by molar-refractivity contribution is 7.90. The Morgan fingerprint density at radius 1 is 1.09 bits per heavy atom. The second-order valence-electron chi connectivity index (χ2n) is 13.1. The first-order chi connectivity index (χ1) is 22.4. The van der Waals surface area contributed by atoms with Crippen molar-refractivity contribution in [2.45, 2.75) is 68.2 Å². The quantitative estimate of drug-likeness (QED) is 0.184. The second-order valence-corrected chi connectivity index (χ2v) is 15.1. The Morgan fingerprint density at radius 3 is 2.47 bits per heavy atom. The van der Waals surface area contributed by atoms with E-state index in [9.17, 15) is 26.0 Å². The van der Waals surface area contributed by atoms with Gasteiger partial charge >= 0.3 is 6.18 Å². The fraction of sp³-hybridized carbons (Fsp3) is 0.529. The van der Waals surface area contributed by atoms with Gasteiger partial charge in [0.25, 0.3) is 0 Å². The average Bonchev–Trinajstić information content (AvgIpc) is 3.35. The van der Waals surface area contributed by atoms with Gasteiger partial charge in [0, 0.05) is 67.2 Å². The van der Waals surface area contributed by atoms with Crippen LogP contribution in [0.5, 0.6) is 5.75 Å². The van der Waals surface area contributed by atoms with Crippen molar-refractivity contribution in [1.82, 2.24) is 9.47 Å². The SMILES string of the molecule is CS(=O)(=O)c1ccc(N(CC#Cc2cc3c(N)cccc3n2CC(F)(F)F)C2CCC(N3CC4(CCOCC4)C3)CC2)c(OCF)c1. The molecule has 254 valence electrons. The van der Waals surface area contributed by atoms with E-state index in [4.69, 9.17) is 15.2 Å². The van der Waals surface area contributed by atoms with Crippen LogP contribution < -0.4 is 15.4 Å². The van der Waals surface area contributed by atoms with Crippen molar-refractivity contribution in [3.63, 3.8) is 0 Å². The molecule has 1 aromatic heterocycles. The van der Waals surface area contributed by atoms with Gasteiger partial charge in [-0.3, -0.25) is 4.90 Å². The molecule has 2 N–H and O–H groups in total. The molecule has 0 amide bonds. The number of hydrogen-bond donors (Lipinski definition) is 1. The zero-order chi connectivity index (χ0) is 33.4. The van der Waals surface area contributed by atoms with Crippen LogP contribution in [0.1, 0.15) is 44.2 Å². The maximum absolute atomic E-state index is 13.6. The van der Waals surface area contributed by atoms with E-state index in [-0.39, 0.29) is 28.9 Å². The highest BCUT2D eigenvalue weighted by Crippen LogP contribution is 2.44. The third-order valence-electron chi connectivity index (χ3n) is 9.92. The fourth-order valence-corrected chi connectivity index (χ4v) is 8.09. The van der Waals surface area contributed by atoms with Gasteiger partial charge in [0.05, 0.1) is 28.3 Å². The maximum Gasteiger partial charge on any atom is 0.406 e. The smallest absolute Gasteiger partial charge is 0.406 e. The van der Waals surface area contributed by atoms with Crippen LogP contribution >= 0.6 is 0 Å². The first-order valence-corrected chi connectivity index (χ1v) is 17.8. The van der Waals surface area contributed by atoms with Gasteiger partial charge in [0.15, 0.2) is 9.84 Å². The predicted octanol–water partition coefficient (Wildman–Crippen LogP) is 5.78. The summed E-state index contributed by atoms with van der Waals surface area (Å²) in [7, 11) is -3.59. The number of alkyl halides is 4. The Labute approximate surface area is 272 Å². The van der Waals surface area contributed by atoms with Gasteiger partial charge in [-0.25, -0.2) is 12.8 Å². The topological polar surface area (TPSA) is 90.0 Å². The van der Waals surface area contributed by atoms with Gasteiger partial charge < -0.3 is 24.7 Å². The summed E-state index contributed by atoms with van der Waals surface area (Å²) >= 11 is 0. The van der Waals surface area contributed by atoms with E-state index >= 15 is 0 Å². The average molecular weight is 677 g/mol. The summed E-state index contributed by atoms with van der Waals surface area (Å²) in [6.07, 6.45) is 2.31. The number of halogens is 4. The standard InChI is InChI=1S/C34H40F4N4O4S/c1-47(43,44)27-11-12-31(32(19-27)46-23-35)41(25-9-7-24(8-10-25)40-20-33(21-40)13-16-45-17-14-33)15-3-4-26-18-28-29(39)5-2-6-30(28)42(26)22-34(36,37)38/h2,5-6,11-12,18-19,24-25H,7-10,13-17,20-23,39H2,1H3. The summed E-state index contributed by atoms with van der Waals surface area (Å²) in [5.74, 6) is 6.09. The van der Waals surface area contributed by atoms with Crippen molar-refractivity contribution in [2.75, 3.05) is 56.6 Å². The van der Waals surface area contributed by atoms with Crippen molar-refractivity contribution < 1.29 is 35.5 Å². The lowest BCUT2D eigenvalue weighted by molar-refractivity contribution is -0.140. The van der Waals surface area contributed by atoms with E-state index < -0.39 is 29.4 Å². The summed E-state index contributed by atoms with van der Waals surface area (Å²) in [6.45, 7) is 1.53. The Morgan fingerprint density at radius 2 is 1.81 bits per heavy atom. The lowest BCUT2D eigenvalue weighted by atomic mass is 9.71. The Hall–Kier alpha value is -3.47. The van der Waals surface area contributed by atoms with Crippen LogP contribution in [0.3, 0.4) is 0 Å². The van der Waals surface area contributed by atoms with Crippen molar-refractivity contribution in [3.8, 4) is 17.6 Å². The predicted molar refractivity (Wildman–Crippen MR) is 173 cm³/mol. The Kier molecular flexibility index (Phi) is 9.39. The first kappa shape index (κ1) is 33.4. The molecule has 0 unspecified atom stereocenters. The van der Waals surface area contributed by atoms with E-state index in [0.717, 1.165) is 75.7 Å². The number of nitrogens with zero attached hydrogens (tertiary/aromatic N) is 3. The number of benzene rings is 2. The summed E-state index contributed by atoms with van der Waals surface area (Å²) in [5, 5.41) is 0.486. The largest absolute Gasteiger partial charge is 0.461 e. The molecule has 0 atom stereocenters. The highest BCUT2D eigenvalue weighted by atomic mass is 32.2. The van der Waals surface area contributed by atoms with Gasteiger partial charge in [-0.05, 0) is 74.8 Å². The van der Waals surface area contributed by atoms with Crippen molar-refractivity contribution >= 4 is 32.1 Å². The molecule has 2 aliphatic heterocycles. The molecular weight excluding hydrogens is 636 g/mol. The molecule has 1 aliphatic carbocycles. The number of nitrogens with two attached hydrogens (primary N) is 1. The molecule has 1 spiro atoms. The molecule has 47 heavy (non-hydrogen) atoms. The first-order valence-electron chi connectivity index (χ1n) is 15.9. The summed E-state index contributed by atoms with van der Waals surface area (Å²) < 4.78 is 90.9. The minimum Gasteiger partial charge on any atom is -0.461 e. The maximum atomic E-state index is 13.6.